The third kappa shape index (κ3) is 3.56. The Morgan fingerprint density at radius 3 is 2.52 bits per heavy atom. The Bertz CT molecular complexity index is 579. The van der Waals surface area contributed by atoms with Crippen molar-refractivity contribution in [2.45, 2.75) is 13.3 Å². The van der Waals surface area contributed by atoms with Crippen LogP contribution < -0.4 is 5.73 Å². The first-order valence-corrected chi connectivity index (χ1v) is 5.95. The number of halogens is 3. The molecule has 1 rings (SSSR count). The standard InChI is InChI=1S/C12H14F3N3O3/c1-2-18(4-3-8(16)17-21)12(20)6-5-7(13)10(15)11(19)9(6)14/h5,19,21H,2-4H2,1H3,(H2,16,17). The second-order valence-electron chi connectivity index (χ2n) is 4.11. The second-order valence-corrected chi connectivity index (χ2v) is 4.11. The zero-order valence-corrected chi connectivity index (χ0v) is 11.1. The van der Waals surface area contributed by atoms with Crippen molar-refractivity contribution >= 4 is 11.7 Å². The van der Waals surface area contributed by atoms with E-state index in [4.69, 9.17) is 16.0 Å². The topological polar surface area (TPSA) is 99.1 Å². The van der Waals surface area contributed by atoms with Crippen molar-refractivity contribution in [3.63, 3.8) is 0 Å². The molecule has 0 atom stereocenters. The number of hydrogen-bond acceptors (Lipinski definition) is 4. The maximum atomic E-state index is 13.7. The number of aromatic hydroxyl groups is 1. The summed E-state index contributed by atoms with van der Waals surface area (Å²) < 4.78 is 39.8. The lowest BCUT2D eigenvalue weighted by Gasteiger charge is -2.21. The number of nitrogens with two attached hydrogens (primary N) is 1. The highest BCUT2D eigenvalue weighted by Crippen LogP contribution is 2.26. The molecule has 6 nitrogen and oxygen atoms in total. The molecule has 0 spiro atoms. The lowest BCUT2D eigenvalue weighted by atomic mass is 10.1. The maximum Gasteiger partial charge on any atom is 0.257 e. The Balaban J connectivity index is 3.06. The highest BCUT2D eigenvalue weighted by molar-refractivity contribution is 5.95. The molecular formula is C12H14F3N3O3. The van der Waals surface area contributed by atoms with Gasteiger partial charge in [-0.1, -0.05) is 5.16 Å². The third-order valence-electron chi connectivity index (χ3n) is 2.80. The van der Waals surface area contributed by atoms with Gasteiger partial charge in [-0.3, -0.25) is 4.79 Å². The summed E-state index contributed by atoms with van der Waals surface area (Å²) in [5, 5.41) is 20.2. The number of carbonyl (C=O) groups is 1. The molecule has 0 heterocycles. The van der Waals surface area contributed by atoms with E-state index in [9.17, 15) is 18.0 Å². The lowest BCUT2D eigenvalue weighted by molar-refractivity contribution is 0.0761. The van der Waals surface area contributed by atoms with Gasteiger partial charge in [0.15, 0.2) is 17.4 Å². The van der Waals surface area contributed by atoms with Crippen LogP contribution in [0.25, 0.3) is 0 Å². The fourth-order valence-corrected chi connectivity index (χ4v) is 1.62. The van der Waals surface area contributed by atoms with Gasteiger partial charge in [0, 0.05) is 19.5 Å². The first-order chi connectivity index (χ1) is 9.83. The van der Waals surface area contributed by atoms with Crippen LogP contribution >= 0.6 is 0 Å². The molecule has 0 saturated carbocycles. The predicted octanol–water partition coefficient (Wildman–Crippen LogP) is 1.41. The van der Waals surface area contributed by atoms with Crippen LogP contribution in [0.2, 0.25) is 0 Å². The first-order valence-electron chi connectivity index (χ1n) is 5.95. The Kier molecular flexibility index (Phi) is 5.39. The summed E-state index contributed by atoms with van der Waals surface area (Å²) in [6.45, 7) is 1.67. The molecule has 1 aromatic carbocycles. The molecule has 4 N–H and O–H groups in total. The van der Waals surface area contributed by atoms with Crippen molar-refractivity contribution in [2.24, 2.45) is 10.9 Å². The zero-order valence-electron chi connectivity index (χ0n) is 11.1. The molecular weight excluding hydrogens is 291 g/mol. The monoisotopic (exact) mass is 305 g/mol. The van der Waals surface area contributed by atoms with Crippen molar-refractivity contribution < 1.29 is 28.3 Å². The van der Waals surface area contributed by atoms with E-state index in [1.54, 1.807) is 6.92 Å². The van der Waals surface area contributed by atoms with Gasteiger partial charge in [0.1, 0.15) is 5.84 Å². The molecule has 9 heteroatoms. The number of oxime groups is 1. The largest absolute Gasteiger partial charge is 0.503 e. The number of phenolic OH excluding ortho intramolecular Hbond substituents is 1. The van der Waals surface area contributed by atoms with E-state index in [1.807, 2.05) is 0 Å². The summed E-state index contributed by atoms with van der Waals surface area (Å²) >= 11 is 0. The van der Waals surface area contributed by atoms with E-state index in [0.29, 0.717) is 6.07 Å². The molecule has 0 aliphatic carbocycles. The van der Waals surface area contributed by atoms with E-state index >= 15 is 0 Å². The smallest absolute Gasteiger partial charge is 0.257 e. The average molecular weight is 305 g/mol. The van der Waals surface area contributed by atoms with Crippen molar-refractivity contribution in [3.8, 4) is 5.75 Å². The summed E-state index contributed by atoms with van der Waals surface area (Å²) in [4.78, 5) is 13.1. The number of phenols is 1. The van der Waals surface area contributed by atoms with Gasteiger partial charge in [0.25, 0.3) is 5.91 Å². The summed E-state index contributed by atoms with van der Waals surface area (Å²) in [6, 6.07) is 0.374. The van der Waals surface area contributed by atoms with Gasteiger partial charge in [-0.25, -0.2) is 8.78 Å². The predicted molar refractivity (Wildman–Crippen MR) is 67.6 cm³/mol. The molecule has 0 fully saturated rings. The van der Waals surface area contributed by atoms with Crippen LogP contribution in [0.15, 0.2) is 11.2 Å². The van der Waals surface area contributed by atoms with Gasteiger partial charge in [-0.05, 0) is 13.0 Å². The fraction of sp³-hybridized carbons (Fsp3) is 0.333. The quantitative estimate of drug-likeness (QED) is 0.252. The van der Waals surface area contributed by atoms with Crippen LogP contribution in [0.3, 0.4) is 0 Å². The molecule has 0 bridgehead atoms. The molecule has 0 aliphatic heterocycles. The summed E-state index contributed by atoms with van der Waals surface area (Å²) in [6.07, 6.45) is 0.00730. The minimum absolute atomic E-state index is 0.00730. The van der Waals surface area contributed by atoms with Crippen molar-refractivity contribution in [1.29, 1.82) is 0 Å². The zero-order chi connectivity index (χ0) is 16.2. The molecule has 0 saturated heterocycles. The number of benzene rings is 1. The van der Waals surface area contributed by atoms with E-state index in [0.717, 1.165) is 4.90 Å². The Morgan fingerprint density at radius 1 is 1.38 bits per heavy atom. The van der Waals surface area contributed by atoms with Crippen molar-refractivity contribution in [3.05, 3.63) is 29.1 Å². The molecule has 0 radical (unpaired) electrons. The Labute approximate surface area is 118 Å². The van der Waals surface area contributed by atoms with Gasteiger partial charge in [0.2, 0.25) is 5.82 Å². The first kappa shape index (κ1) is 16.6. The summed E-state index contributed by atoms with van der Waals surface area (Å²) in [7, 11) is 0. The average Bonchev–Trinajstić information content (AvgIpc) is 2.48. The van der Waals surface area contributed by atoms with Crippen LogP contribution in [-0.2, 0) is 0 Å². The molecule has 0 aromatic heterocycles. The third-order valence-corrected chi connectivity index (χ3v) is 2.80. The van der Waals surface area contributed by atoms with E-state index in [2.05, 4.69) is 5.16 Å². The van der Waals surface area contributed by atoms with Crippen LogP contribution in [-0.4, -0.2) is 40.0 Å². The number of amidine groups is 1. The summed E-state index contributed by atoms with van der Waals surface area (Å²) in [5.41, 5.74) is 4.45. The maximum absolute atomic E-state index is 13.7. The van der Waals surface area contributed by atoms with Gasteiger partial charge >= 0.3 is 0 Å². The number of amides is 1. The van der Waals surface area contributed by atoms with E-state index in [-0.39, 0.29) is 25.3 Å². The summed E-state index contributed by atoms with van der Waals surface area (Å²) in [5.74, 6) is -7.48. The minimum atomic E-state index is -1.76. The molecule has 116 valence electrons. The second kappa shape index (κ2) is 6.82. The van der Waals surface area contributed by atoms with Crippen LogP contribution in [0.5, 0.6) is 5.75 Å². The van der Waals surface area contributed by atoms with Crippen molar-refractivity contribution in [2.75, 3.05) is 13.1 Å². The number of nitrogens with zero attached hydrogens (tertiary/aromatic N) is 2. The fourth-order valence-electron chi connectivity index (χ4n) is 1.62. The molecule has 0 aliphatic rings. The normalized spacial score (nSPS) is 11.5. The van der Waals surface area contributed by atoms with Gasteiger partial charge < -0.3 is 20.9 Å². The minimum Gasteiger partial charge on any atom is -0.503 e. The van der Waals surface area contributed by atoms with Crippen LogP contribution in [0.1, 0.15) is 23.7 Å². The number of hydrogen-bond donors (Lipinski definition) is 3. The van der Waals surface area contributed by atoms with Crippen LogP contribution in [0.4, 0.5) is 13.2 Å². The Morgan fingerprint density at radius 2 is 2.00 bits per heavy atom. The van der Waals surface area contributed by atoms with Gasteiger partial charge in [-0.15, -0.1) is 0 Å². The number of carbonyl (C=O) groups excluding carboxylic acids is 1. The lowest BCUT2D eigenvalue weighted by Crippen LogP contribution is -2.34. The van der Waals surface area contributed by atoms with E-state index in [1.165, 1.54) is 0 Å². The molecule has 1 amide bonds. The van der Waals surface area contributed by atoms with Gasteiger partial charge in [0.05, 0.1) is 5.56 Å². The molecule has 0 unspecified atom stereocenters. The number of rotatable bonds is 5. The SMILES string of the molecule is CCN(CCC(N)=NO)C(=O)c1cc(F)c(F)c(O)c1F. The van der Waals surface area contributed by atoms with Crippen LogP contribution in [0, 0.1) is 17.5 Å². The van der Waals surface area contributed by atoms with Crippen molar-refractivity contribution in [1.82, 2.24) is 4.90 Å². The van der Waals surface area contributed by atoms with Gasteiger partial charge in [-0.2, -0.15) is 4.39 Å². The molecule has 1 aromatic rings. The molecule has 21 heavy (non-hydrogen) atoms. The Hall–Kier alpha value is -2.45. The highest BCUT2D eigenvalue weighted by atomic mass is 19.2. The van der Waals surface area contributed by atoms with E-state index < -0.39 is 34.7 Å². The highest BCUT2D eigenvalue weighted by Gasteiger charge is 2.25.